The van der Waals surface area contributed by atoms with Crippen molar-refractivity contribution < 1.29 is 4.79 Å². The molecule has 2 N–H and O–H groups in total. The fraction of sp³-hybridized carbons (Fsp3) is 0.500. The topological polar surface area (TPSA) is 46.3 Å². The Labute approximate surface area is 103 Å². The van der Waals surface area contributed by atoms with Gasteiger partial charge in [-0.25, -0.2) is 0 Å². The highest BCUT2D eigenvalue weighted by Gasteiger charge is 2.28. The van der Waals surface area contributed by atoms with Crippen LogP contribution >= 0.6 is 0 Å². The highest BCUT2D eigenvalue weighted by atomic mass is 16.2. The average molecular weight is 232 g/mol. The van der Waals surface area contributed by atoms with Gasteiger partial charge in [0.2, 0.25) is 0 Å². The van der Waals surface area contributed by atoms with Crippen molar-refractivity contribution in [3.8, 4) is 0 Å². The van der Waals surface area contributed by atoms with E-state index in [4.69, 9.17) is 5.73 Å². The van der Waals surface area contributed by atoms with Gasteiger partial charge in [0.1, 0.15) is 0 Å². The number of rotatable bonds is 2. The Morgan fingerprint density at radius 2 is 2.12 bits per heavy atom. The largest absolute Gasteiger partial charge is 0.323 e. The molecule has 2 atom stereocenters. The monoisotopic (exact) mass is 232 g/mol. The van der Waals surface area contributed by atoms with Crippen LogP contribution in [0.15, 0.2) is 30.3 Å². The molecule has 17 heavy (non-hydrogen) atoms. The third-order valence-electron chi connectivity index (χ3n) is 3.61. The number of likely N-dealkylation sites (tertiary alicyclic amines) is 1. The Hall–Kier alpha value is -1.35. The van der Waals surface area contributed by atoms with Crippen molar-refractivity contribution in [2.45, 2.75) is 32.4 Å². The van der Waals surface area contributed by atoms with Crippen molar-refractivity contribution in [2.75, 3.05) is 6.54 Å². The minimum absolute atomic E-state index is 0.0626. The van der Waals surface area contributed by atoms with Gasteiger partial charge in [0.25, 0.3) is 5.91 Å². The Balaban J connectivity index is 2.06. The smallest absolute Gasteiger partial charge is 0.255 e. The minimum Gasteiger partial charge on any atom is -0.323 e. The zero-order valence-electron chi connectivity index (χ0n) is 10.3. The van der Waals surface area contributed by atoms with Crippen LogP contribution in [0, 0.1) is 5.92 Å². The van der Waals surface area contributed by atoms with Crippen LogP contribution in [0.3, 0.4) is 0 Å². The second-order valence-corrected chi connectivity index (χ2v) is 4.73. The highest BCUT2D eigenvalue weighted by Crippen LogP contribution is 2.24. The molecule has 1 saturated heterocycles. The summed E-state index contributed by atoms with van der Waals surface area (Å²) in [5, 5.41) is 0. The summed E-state index contributed by atoms with van der Waals surface area (Å²) in [5.74, 6) is 0.734. The Bertz CT molecular complexity index is 377. The quantitative estimate of drug-likeness (QED) is 0.850. The lowest BCUT2D eigenvalue weighted by Crippen LogP contribution is -2.50. The van der Waals surface area contributed by atoms with E-state index >= 15 is 0 Å². The van der Waals surface area contributed by atoms with E-state index in [1.54, 1.807) is 0 Å². The van der Waals surface area contributed by atoms with Gasteiger partial charge in [-0.05, 0) is 30.9 Å². The van der Waals surface area contributed by atoms with Crippen molar-refractivity contribution in [1.29, 1.82) is 0 Å². The summed E-state index contributed by atoms with van der Waals surface area (Å²) in [7, 11) is 0. The van der Waals surface area contributed by atoms with E-state index in [1.165, 1.54) is 0 Å². The first-order valence-electron chi connectivity index (χ1n) is 6.34. The van der Waals surface area contributed by atoms with Crippen molar-refractivity contribution in [1.82, 2.24) is 4.90 Å². The number of benzene rings is 1. The molecule has 0 spiro atoms. The fourth-order valence-electron chi connectivity index (χ4n) is 2.44. The van der Waals surface area contributed by atoms with Gasteiger partial charge in [-0.2, -0.15) is 0 Å². The predicted octanol–water partition coefficient (Wildman–Crippen LogP) is 2.23. The molecule has 0 radical (unpaired) electrons. The number of nitrogens with two attached hydrogens (primary N) is 1. The molecule has 1 aliphatic heterocycles. The summed E-state index contributed by atoms with van der Waals surface area (Å²) in [4.78, 5) is 14.1. The second kappa shape index (κ2) is 5.32. The number of nitrogens with zero attached hydrogens (tertiary/aromatic N) is 1. The standard InChI is InChI=1S/C14H20N2O/c1-2-11-8-9-16(13(15)10-11)14(17)12-6-4-3-5-7-12/h3-7,11,13H,2,8-10,15H2,1H3. The molecule has 2 rings (SSSR count). The molecule has 92 valence electrons. The SMILES string of the molecule is CCC1CCN(C(=O)c2ccccc2)C(N)C1. The minimum atomic E-state index is -0.124. The van der Waals surface area contributed by atoms with Gasteiger partial charge in [-0.15, -0.1) is 0 Å². The lowest BCUT2D eigenvalue weighted by molar-refractivity contribution is 0.0556. The van der Waals surface area contributed by atoms with Crippen LogP contribution in [0.4, 0.5) is 0 Å². The molecular weight excluding hydrogens is 212 g/mol. The summed E-state index contributed by atoms with van der Waals surface area (Å²) in [6.45, 7) is 2.97. The van der Waals surface area contributed by atoms with Gasteiger partial charge in [0.05, 0.1) is 6.17 Å². The molecular formula is C14H20N2O. The van der Waals surface area contributed by atoms with E-state index in [1.807, 2.05) is 35.2 Å². The maximum atomic E-state index is 12.3. The van der Waals surface area contributed by atoms with Crippen LogP contribution in [0.1, 0.15) is 36.5 Å². The van der Waals surface area contributed by atoms with Crippen LogP contribution in [0.5, 0.6) is 0 Å². The normalized spacial score (nSPS) is 24.7. The third kappa shape index (κ3) is 2.67. The van der Waals surface area contributed by atoms with E-state index in [-0.39, 0.29) is 12.1 Å². The zero-order valence-corrected chi connectivity index (χ0v) is 10.3. The van der Waals surface area contributed by atoms with Crippen molar-refractivity contribution in [3.05, 3.63) is 35.9 Å². The van der Waals surface area contributed by atoms with Crippen molar-refractivity contribution >= 4 is 5.91 Å². The molecule has 2 unspecified atom stereocenters. The maximum absolute atomic E-state index is 12.3. The lowest BCUT2D eigenvalue weighted by Gasteiger charge is -2.37. The number of hydrogen-bond acceptors (Lipinski definition) is 2. The van der Waals surface area contributed by atoms with E-state index in [0.717, 1.165) is 31.4 Å². The lowest BCUT2D eigenvalue weighted by atomic mass is 9.92. The molecule has 1 fully saturated rings. The number of carbonyl (C=O) groups is 1. The average Bonchev–Trinajstić information content (AvgIpc) is 2.39. The first kappa shape index (κ1) is 12.1. The first-order chi connectivity index (χ1) is 8.22. The van der Waals surface area contributed by atoms with Crippen LogP contribution in [0.25, 0.3) is 0 Å². The van der Waals surface area contributed by atoms with E-state index in [9.17, 15) is 4.79 Å². The number of hydrogen-bond donors (Lipinski definition) is 1. The molecule has 1 heterocycles. The molecule has 0 saturated carbocycles. The summed E-state index contributed by atoms with van der Waals surface area (Å²) >= 11 is 0. The Morgan fingerprint density at radius 1 is 1.41 bits per heavy atom. The Kier molecular flexibility index (Phi) is 3.79. The number of amides is 1. The molecule has 1 aromatic carbocycles. The van der Waals surface area contributed by atoms with Gasteiger partial charge >= 0.3 is 0 Å². The molecule has 1 amide bonds. The van der Waals surface area contributed by atoms with Crippen LogP contribution in [0.2, 0.25) is 0 Å². The van der Waals surface area contributed by atoms with Gasteiger partial charge in [0.15, 0.2) is 0 Å². The fourth-order valence-corrected chi connectivity index (χ4v) is 2.44. The molecule has 3 nitrogen and oxygen atoms in total. The highest BCUT2D eigenvalue weighted by molar-refractivity contribution is 5.94. The predicted molar refractivity (Wildman–Crippen MR) is 68.5 cm³/mol. The van der Waals surface area contributed by atoms with Crippen molar-refractivity contribution in [3.63, 3.8) is 0 Å². The molecule has 1 aliphatic rings. The van der Waals surface area contributed by atoms with Gasteiger partial charge in [-0.1, -0.05) is 31.5 Å². The van der Waals surface area contributed by atoms with Gasteiger partial charge in [-0.3, -0.25) is 4.79 Å². The second-order valence-electron chi connectivity index (χ2n) is 4.73. The van der Waals surface area contributed by atoms with E-state index in [2.05, 4.69) is 6.92 Å². The molecule has 3 heteroatoms. The summed E-state index contributed by atoms with van der Waals surface area (Å²) < 4.78 is 0. The third-order valence-corrected chi connectivity index (χ3v) is 3.61. The molecule has 1 aromatic rings. The van der Waals surface area contributed by atoms with Crippen molar-refractivity contribution in [2.24, 2.45) is 11.7 Å². The molecule has 0 bridgehead atoms. The van der Waals surface area contributed by atoms with E-state index in [0.29, 0.717) is 5.92 Å². The summed E-state index contributed by atoms with van der Waals surface area (Å²) in [6.07, 6.45) is 3.03. The summed E-state index contributed by atoms with van der Waals surface area (Å²) in [6, 6.07) is 9.39. The molecule has 0 aliphatic carbocycles. The first-order valence-corrected chi connectivity index (χ1v) is 6.34. The van der Waals surface area contributed by atoms with E-state index < -0.39 is 0 Å². The van der Waals surface area contributed by atoms with Crippen LogP contribution in [-0.2, 0) is 0 Å². The maximum Gasteiger partial charge on any atom is 0.255 e. The van der Waals surface area contributed by atoms with Gasteiger partial charge < -0.3 is 10.6 Å². The summed E-state index contributed by atoms with van der Waals surface area (Å²) in [5.41, 5.74) is 6.82. The van der Waals surface area contributed by atoms with Crippen LogP contribution in [-0.4, -0.2) is 23.5 Å². The van der Waals surface area contributed by atoms with Gasteiger partial charge in [0, 0.05) is 12.1 Å². The number of carbonyl (C=O) groups excluding carboxylic acids is 1. The Morgan fingerprint density at radius 3 is 2.71 bits per heavy atom. The number of piperidine rings is 1. The molecule has 0 aromatic heterocycles. The zero-order chi connectivity index (χ0) is 12.3. The van der Waals surface area contributed by atoms with Crippen LogP contribution < -0.4 is 5.73 Å².